The maximum Gasteiger partial charge on any atom is 0.123 e. The van der Waals surface area contributed by atoms with Gasteiger partial charge in [0.2, 0.25) is 0 Å². The topological polar surface area (TPSA) is 35.2 Å². The Kier molecular flexibility index (Phi) is 2.70. The summed E-state index contributed by atoms with van der Waals surface area (Å²) in [5.74, 6) is 1.50. The van der Waals surface area contributed by atoms with Crippen LogP contribution in [0.15, 0.2) is 18.2 Å². The molecule has 0 radical (unpaired) electrons. The van der Waals surface area contributed by atoms with Crippen molar-refractivity contribution in [2.24, 2.45) is 11.7 Å². The first-order chi connectivity index (χ1) is 7.08. The fourth-order valence-corrected chi connectivity index (χ4v) is 2.03. The molecule has 1 heterocycles. The summed E-state index contributed by atoms with van der Waals surface area (Å²) in [6.45, 7) is 6.40. The van der Waals surface area contributed by atoms with E-state index in [1.807, 2.05) is 0 Å². The van der Waals surface area contributed by atoms with Crippen LogP contribution >= 0.6 is 0 Å². The van der Waals surface area contributed by atoms with E-state index in [1.54, 1.807) is 0 Å². The van der Waals surface area contributed by atoms with Gasteiger partial charge >= 0.3 is 0 Å². The molecule has 2 atom stereocenters. The number of nitrogens with two attached hydrogens (primary N) is 1. The number of fused-ring (bicyclic) bond motifs is 1. The van der Waals surface area contributed by atoms with E-state index >= 15 is 0 Å². The highest BCUT2D eigenvalue weighted by atomic mass is 16.5. The summed E-state index contributed by atoms with van der Waals surface area (Å²) < 4.78 is 5.66. The van der Waals surface area contributed by atoms with Crippen LogP contribution in [0, 0.1) is 5.92 Å². The molecule has 1 aliphatic heterocycles. The van der Waals surface area contributed by atoms with Crippen molar-refractivity contribution in [3.8, 4) is 5.75 Å². The van der Waals surface area contributed by atoms with Gasteiger partial charge in [0, 0.05) is 12.5 Å². The Morgan fingerprint density at radius 2 is 2.13 bits per heavy atom. The fraction of sp³-hybridized carbons (Fsp3) is 0.538. The molecule has 1 aromatic carbocycles. The Labute approximate surface area is 91.4 Å². The zero-order valence-corrected chi connectivity index (χ0v) is 9.66. The zero-order valence-electron chi connectivity index (χ0n) is 9.66. The van der Waals surface area contributed by atoms with E-state index in [1.165, 1.54) is 11.1 Å². The smallest absolute Gasteiger partial charge is 0.123 e. The standard InChI is InChI=1S/C13H19NO/c1-8(2)13(14)10-4-5-12-11(7-10)6-9(3)15-12/h4-5,7-9,13H,6,14H2,1-3H3. The van der Waals surface area contributed by atoms with E-state index in [2.05, 4.69) is 39.0 Å². The molecule has 0 fully saturated rings. The molecule has 2 unspecified atom stereocenters. The van der Waals surface area contributed by atoms with Crippen molar-refractivity contribution in [1.29, 1.82) is 0 Å². The van der Waals surface area contributed by atoms with E-state index in [9.17, 15) is 0 Å². The maximum atomic E-state index is 6.13. The number of benzene rings is 1. The molecule has 1 aliphatic rings. The van der Waals surface area contributed by atoms with Crippen LogP contribution in [0.4, 0.5) is 0 Å². The minimum absolute atomic E-state index is 0.131. The normalized spacial score (nSPS) is 21.3. The molecule has 2 nitrogen and oxygen atoms in total. The van der Waals surface area contributed by atoms with Crippen LogP contribution < -0.4 is 10.5 Å². The molecule has 0 saturated carbocycles. The van der Waals surface area contributed by atoms with Crippen molar-refractivity contribution in [2.45, 2.75) is 39.3 Å². The highest BCUT2D eigenvalue weighted by molar-refractivity contribution is 5.41. The van der Waals surface area contributed by atoms with Crippen LogP contribution in [0.1, 0.15) is 37.9 Å². The number of hydrogen-bond donors (Lipinski definition) is 1. The lowest BCUT2D eigenvalue weighted by Crippen LogP contribution is -2.16. The molecule has 0 aliphatic carbocycles. The average Bonchev–Trinajstić information content (AvgIpc) is 2.55. The van der Waals surface area contributed by atoms with Crippen molar-refractivity contribution in [3.63, 3.8) is 0 Å². The van der Waals surface area contributed by atoms with Crippen LogP contribution in [0.2, 0.25) is 0 Å². The molecule has 2 N–H and O–H groups in total. The average molecular weight is 205 g/mol. The third-order valence-corrected chi connectivity index (χ3v) is 3.02. The second-order valence-electron chi connectivity index (χ2n) is 4.77. The van der Waals surface area contributed by atoms with Crippen LogP contribution in [0.25, 0.3) is 0 Å². The first-order valence-corrected chi connectivity index (χ1v) is 5.63. The van der Waals surface area contributed by atoms with Gasteiger partial charge in [0.1, 0.15) is 11.9 Å². The van der Waals surface area contributed by atoms with Gasteiger partial charge in [0.15, 0.2) is 0 Å². The fourth-order valence-electron chi connectivity index (χ4n) is 2.03. The summed E-state index contributed by atoms with van der Waals surface area (Å²) in [7, 11) is 0. The molecule has 0 spiro atoms. The van der Waals surface area contributed by atoms with Gasteiger partial charge in [-0.25, -0.2) is 0 Å². The van der Waals surface area contributed by atoms with E-state index in [-0.39, 0.29) is 6.04 Å². The summed E-state index contributed by atoms with van der Waals surface area (Å²) in [6, 6.07) is 6.47. The first-order valence-electron chi connectivity index (χ1n) is 5.63. The van der Waals surface area contributed by atoms with Gasteiger partial charge in [0.05, 0.1) is 0 Å². The molecule has 0 aromatic heterocycles. The molecule has 0 bridgehead atoms. The number of rotatable bonds is 2. The summed E-state index contributed by atoms with van der Waals surface area (Å²) >= 11 is 0. The van der Waals surface area contributed by atoms with E-state index in [0.29, 0.717) is 12.0 Å². The molecule has 0 amide bonds. The highest BCUT2D eigenvalue weighted by Gasteiger charge is 2.20. The van der Waals surface area contributed by atoms with Crippen LogP contribution in [-0.4, -0.2) is 6.10 Å². The third kappa shape index (κ3) is 2.00. The van der Waals surface area contributed by atoms with Gasteiger partial charge in [0.25, 0.3) is 0 Å². The van der Waals surface area contributed by atoms with Crippen molar-refractivity contribution in [2.75, 3.05) is 0 Å². The van der Waals surface area contributed by atoms with Crippen molar-refractivity contribution in [3.05, 3.63) is 29.3 Å². The molecule has 0 saturated heterocycles. The first kappa shape index (κ1) is 10.5. The second kappa shape index (κ2) is 3.86. The second-order valence-corrected chi connectivity index (χ2v) is 4.77. The lowest BCUT2D eigenvalue weighted by atomic mass is 9.95. The Morgan fingerprint density at radius 3 is 2.80 bits per heavy atom. The molecular formula is C13H19NO. The van der Waals surface area contributed by atoms with Gasteiger partial charge < -0.3 is 10.5 Å². The van der Waals surface area contributed by atoms with Crippen LogP contribution in [-0.2, 0) is 6.42 Å². The molecule has 2 heteroatoms. The molecule has 82 valence electrons. The summed E-state index contributed by atoms with van der Waals surface area (Å²) in [5, 5.41) is 0. The Morgan fingerprint density at radius 1 is 1.40 bits per heavy atom. The minimum Gasteiger partial charge on any atom is -0.490 e. The van der Waals surface area contributed by atoms with Gasteiger partial charge in [-0.15, -0.1) is 0 Å². The van der Waals surface area contributed by atoms with Gasteiger partial charge in [-0.2, -0.15) is 0 Å². The van der Waals surface area contributed by atoms with Gasteiger partial charge in [-0.1, -0.05) is 26.0 Å². The minimum atomic E-state index is 0.131. The Balaban J connectivity index is 2.27. The lowest BCUT2D eigenvalue weighted by molar-refractivity contribution is 0.254. The van der Waals surface area contributed by atoms with Crippen molar-refractivity contribution in [1.82, 2.24) is 0 Å². The monoisotopic (exact) mass is 205 g/mol. The quantitative estimate of drug-likeness (QED) is 0.805. The summed E-state index contributed by atoms with van der Waals surface area (Å²) in [5.41, 5.74) is 8.65. The van der Waals surface area contributed by atoms with E-state index in [0.717, 1.165) is 12.2 Å². The Bertz CT molecular complexity index is 360. The molecule has 2 rings (SSSR count). The third-order valence-electron chi connectivity index (χ3n) is 3.02. The summed E-state index contributed by atoms with van der Waals surface area (Å²) in [6.07, 6.45) is 1.32. The number of hydrogen-bond acceptors (Lipinski definition) is 2. The van der Waals surface area contributed by atoms with Crippen LogP contribution in [0.3, 0.4) is 0 Å². The van der Waals surface area contributed by atoms with Gasteiger partial charge in [-0.3, -0.25) is 0 Å². The van der Waals surface area contributed by atoms with Crippen molar-refractivity contribution >= 4 is 0 Å². The van der Waals surface area contributed by atoms with Crippen LogP contribution in [0.5, 0.6) is 5.75 Å². The van der Waals surface area contributed by atoms with E-state index < -0.39 is 0 Å². The largest absolute Gasteiger partial charge is 0.490 e. The predicted molar refractivity (Wildman–Crippen MR) is 62.0 cm³/mol. The lowest BCUT2D eigenvalue weighted by Gasteiger charge is -2.16. The van der Waals surface area contributed by atoms with Crippen molar-refractivity contribution < 1.29 is 4.74 Å². The van der Waals surface area contributed by atoms with E-state index in [4.69, 9.17) is 10.5 Å². The van der Waals surface area contributed by atoms with Gasteiger partial charge in [-0.05, 0) is 30.0 Å². The highest BCUT2D eigenvalue weighted by Crippen LogP contribution is 2.31. The predicted octanol–water partition coefficient (Wildman–Crippen LogP) is 2.67. The number of ether oxygens (including phenoxy) is 1. The maximum absolute atomic E-state index is 6.13. The zero-order chi connectivity index (χ0) is 11.0. The molecular weight excluding hydrogens is 186 g/mol. The SMILES string of the molecule is CC1Cc2cc(C(N)C(C)C)ccc2O1. The summed E-state index contributed by atoms with van der Waals surface area (Å²) in [4.78, 5) is 0. The molecule has 1 aromatic rings. The Hall–Kier alpha value is -1.02. The molecule has 15 heavy (non-hydrogen) atoms.